The van der Waals surface area contributed by atoms with Crippen LogP contribution in [0.2, 0.25) is 0 Å². The van der Waals surface area contributed by atoms with Gasteiger partial charge in [-0.3, -0.25) is 4.79 Å². The van der Waals surface area contributed by atoms with E-state index in [1.807, 2.05) is 6.07 Å². The lowest BCUT2D eigenvalue weighted by molar-refractivity contribution is -0.138. The predicted octanol–water partition coefficient (Wildman–Crippen LogP) is 6.41. The molecule has 0 fully saturated rings. The number of aliphatic imine (C=N–C) groups is 1. The molecule has 0 aromatic heterocycles. The van der Waals surface area contributed by atoms with Crippen molar-refractivity contribution in [2.24, 2.45) is 4.99 Å². The molecule has 0 saturated heterocycles. The summed E-state index contributed by atoms with van der Waals surface area (Å²) in [7, 11) is 0. The topological polar surface area (TPSA) is 85.2 Å². The van der Waals surface area contributed by atoms with E-state index in [0.29, 0.717) is 21.8 Å². The summed E-state index contributed by atoms with van der Waals surface area (Å²) in [6, 6.07) is 20.2. The van der Waals surface area contributed by atoms with Gasteiger partial charge in [-0.1, -0.05) is 60.3 Å². The summed E-state index contributed by atoms with van der Waals surface area (Å²) in [5.41, 5.74) is 2.40. The number of carbonyl (C=O) groups excluding carboxylic acids is 2. The summed E-state index contributed by atoms with van der Waals surface area (Å²) in [6.07, 6.45) is 1.65. The van der Waals surface area contributed by atoms with Gasteiger partial charge in [-0.05, 0) is 55.3 Å². The van der Waals surface area contributed by atoms with Gasteiger partial charge in [0.25, 0.3) is 5.91 Å². The van der Waals surface area contributed by atoms with Crippen molar-refractivity contribution in [2.75, 3.05) is 6.61 Å². The molecule has 1 amide bonds. The van der Waals surface area contributed by atoms with Crippen molar-refractivity contribution in [1.29, 1.82) is 0 Å². The Bertz CT molecular complexity index is 1430. The molecule has 1 heterocycles. The molecule has 3 aromatic carbocycles. The van der Waals surface area contributed by atoms with Crippen molar-refractivity contribution in [1.82, 2.24) is 0 Å². The minimum atomic E-state index is -0.770. The number of halogens is 1. The number of thioether (sulfide) groups is 1. The highest BCUT2D eigenvalue weighted by Crippen LogP contribution is 2.40. The van der Waals surface area contributed by atoms with Crippen LogP contribution in [0.3, 0.4) is 0 Å². The first kappa shape index (κ1) is 25.9. The van der Waals surface area contributed by atoms with Gasteiger partial charge in [0.1, 0.15) is 34.5 Å². The second-order valence-electron chi connectivity index (χ2n) is 8.04. The first-order valence-electron chi connectivity index (χ1n) is 11.5. The number of carbonyl (C=O) groups is 2. The standard InChI is InChI=1S/C29H24FNO5S/c1-3-35-29(34)25-26(32)24(37-28(25)31-27(33)22-10-6-4-8-18(22)2)16-20-9-5-7-11-23(20)36-17-19-12-14-21(30)15-13-19/h4-16,32H,3,17H2,1-2H3/b24-16-,31-28?. The van der Waals surface area contributed by atoms with E-state index in [1.165, 1.54) is 12.1 Å². The van der Waals surface area contributed by atoms with Crippen LogP contribution in [-0.2, 0) is 16.1 Å². The van der Waals surface area contributed by atoms with Crippen LogP contribution in [0.4, 0.5) is 4.39 Å². The number of ether oxygens (including phenoxy) is 2. The second-order valence-corrected chi connectivity index (χ2v) is 9.08. The average Bonchev–Trinajstić information content (AvgIpc) is 3.19. The van der Waals surface area contributed by atoms with Gasteiger partial charge >= 0.3 is 5.97 Å². The number of nitrogens with zero attached hydrogens (tertiary/aromatic N) is 1. The van der Waals surface area contributed by atoms with E-state index in [9.17, 15) is 19.1 Å². The molecule has 1 N–H and O–H groups in total. The Kier molecular flexibility index (Phi) is 8.20. The highest BCUT2D eigenvalue weighted by molar-refractivity contribution is 8.18. The van der Waals surface area contributed by atoms with Crippen molar-refractivity contribution in [3.63, 3.8) is 0 Å². The smallest absolute Gasteiger partial charge is 0.344 e. The number of esters is 1. The molecule has 0 atom stereocenters. The van der Waals surface area contributed by atoms with Crippen LogP contribution >= 0.6 is 11.8 Å². The predicted molar refractivity (Wildman–Crippen MR) is 142 cm³/mol. The summed E-state index contributed by atoms with van der Waals surface area (Å²) in [6.45, 7) is 3.75. The van der Waals surface area contributed by atoms with E-state index >= 15 is 0 Å². The molecule has 37 heavy (non-hydrogen) atoms. The molecule has 0 aliphatic carbocycles. The summed E-state index contributed by atoms with van der Waals surface area (Å²) >= 11 is 0.998. The van der Waals surface area contributed by atoms with E-state index in [0.717, 1.165) is 22.9 Å². The highest BCUT2D eigenvalue weighted by atomic mass is 32.2. The lowest BCUT2D eigenvalue weighted by Gasteiger charge is -2.10. The Labute approximate surface area is 218 Å². The fraction of sp³-hybridized carbons (Fsp3) is 0.138. The molecule has 6 nitrogen and oxygen atoms in total. The first-order chi connectivity index (χ1) is 17.9. The molecule has 1 aliphatic heterocycles. The van der Waals surface area contributed by atoms with Crippen LogP contribution in [-0.4, -0.2) is 28.6 Å². The third-order valence-electron chi connectivity index (χ3n) is 5.46. The summed E-state index contributed by atoms with van der Waals surface area (Å²) in [5, 5.41) is 11.0. The Morgan fingerprint density at radius 2 is 1.73 bits per heavy atom. The summed E-state index contributed by atoms with van der Waals surface area (Å²) in [4.78, 5) is 30.0. The van der Waals surface area contributed by atoms with Crippen LogP contribution in [0.15, 0.2) is 94.0 Å². The molecule has 0 radical (unpaired) electrons. The second kappa shape index (κ2) is 11.7. The van der Waals surface area contributed by atoms with Gasteiger partial charge in [0.15, 0.2) is 0 Å². The van der Waals surface area contributed by atoms with Gasteiger partial charge in [0, 0.05) is 11.1 Å². The van der Waals surface area contributed by atoms with E-state index in [-0.39, 0.29) is 35.4 Å². The monoisotopic (exact) mass is 517 g/mol. The maximum atomic E-state index is 13.2. The van der Waals surface area contributed by atoms with Crippen LogP contribution in [0.5, 0.6) is 5.75 Å². The van der Waals surface area contributed by atoms with Gasteiger partial charge in [0.05, 0.1) is 11.5 Å². The fourth-order valence-corrected chi connectivity index (χ4v) is 4.57. The number of amides is 1. The van der Waals surface area contributed by atoms with Crippen LogP contribution in [0.25, 0.3) is 6.08 Å². The molecule has 1 aliphatic rings. The van der Waals surface area contributed by atoms with E-state index in [1.54, 1.807) is 74.5 Å². The fourth-order valence-electron chi connectivity index (χ4n) is 3.57. The molecule has 0 spiro atoms. The molecule has 188 valence electrons. The minimum Gasteiger partial charge on any atom is -0.506 e. The molecule has 8 heteroatoms. The van der Waals surface area contributed by atoms with Crippen molar-refractivity contribution < 1.29 is 28.6 Å². The molecule has 0 bridgehead atoms. The number of rotatable bonds is 7. The zero-order valence-electron chi connectivity index (χ0n) is 20.2. The number of para-hydroxylation sites is 1. The Morgan fingerprint density at radius 3 is 2.46 bits per heavy atom. The lowest BCUT2D eigenvalue weighted by atomic mass is 10.1. The minimum absolute atomic E-state index is 0.0557. The molecule has 0 unspecified atom stereocenters. The van der Waals surface area contributed by atoms with Gasteiger partial charge in [-0.25, -0.2) is 14.2 Å². The zero-order valence-corrected chi connectivity index (χ0v) is 21.0. The van der Waals surface area contributed by atoms with Gasteiger partial charge in [-0.15, -0.1) is 0 Å². The number of aliphatic hydroxyl groups excluding tert-OH is 1. The lowest BCUT2D eigenvalue weighted by Crippen LogP contribution is -2.14. The van der Waals surface area contributed by atoms with E-state index < -0.39 is 11.9 Å². The van der Waals surface area contributed by atoms with Gasteiger partial charge in [-0.2, -0.15) is 0 Å². The maximum absolute atomic E-state index is 13.2. The molecular weight excluding hydrogens is 493 g/mol. The van der Waals surface area contributed by atoms with E-state index in [4.69, 9.17) is 9.47 Å². The third-order valence-corrected chi connectivity index (χ3v) is 6.48. The van der Waals surface area contributed by atoms with Gasteiger partial charge < -0.3 is 14.6 Å². The van der Waals surface area contributed by atoms with Gasteiger partial charge in [0.2, 0.25) is 0 Å². The summed E-state index contributed by atoms with van der Waals surface area (Å²) < 4.78 is 24.2. The Balaban J connectivity index is 1.66. The number of aryl methyl sites for hydroxylation is 1. The third kappa shape index (κ3) is 6.16. The quantitative estimate of drug-likeness (QED) is 0.364. The van der Waals surface area contributed by atoms with E-state index in [2.05, 4.69) is 4.99 Å². The number of hydrogen-bond acceptors (Lipinski definition) is 6. The molecular formula is C29H24FNO5S. The average molecular weight is 518 g/mol. The van der Waals surface area contributed by atoms with Crippen molar-refractivity contribution in [3.8, 4) is 5.75 Å². The number of benzene rings is 3. The Morgan fingerprint density at radius 1 is 1.03 bits per heavy atom. The normalized spacial score (nSPS) is 15.3. The largest absolute Gasteiger partial charge is 0.506 e. The summed E-state index contributed by atoms with van der Waals surface area (Å²) in [5.74, 6) is -1.43. The van der Waals surface area contributed by atoms with Crippen LogP contribution in [0, 0.1) is 12.7 Å². The van der Waals surface area contributed by atoms with Crippen LogP contribution in [0.1, 0.15) is 34.0 Å². The highest BCUT2D eigenvalue weighted by Gasteiger charge is 2.34. The van der Waals surface area contributed by atoms with Crippen molar-refractivity contribution >= 4 is 34.8 Å². The van der Waals surface area contributed by atoms with Crippen molar-refractivity contribution in [3.05, 3.63) is 117 Å². The van der Waals surface area contributed by atoms with Crippen LogP contribution < -0.4 is 4.74 Å². The number of aliphatic hydroxyl groups is 1. The maximum Gasteiger partial charge on any atom is 0.344 e. The molecule has 3 aromatic rings. The first-order valence-corrected chi connectivity index (χ1v) is 12.3. The van der Waals surface area contributed by atoms with Crippen molar-refractivity contribution in [2.45, 2.75) is 20.5 Å². The number of hydrogen-bond donors (Lipinski definition) is 1. The SMILES string of the molecule is CCOC(=O)C1=C(O)/C(=C/c2ccccc2OCc2ccc(F)cc2)SC1=NC(=O)c1ccccc1C. The molecule has 0 saturated carbocycles. The molecule has 4 rings (SSSR count). The zero-order chi connectivity index (χ0) is 26.4. The Hall–Kier alpha value is -4.17.